The molecule has 0 spiro atoms. The highest BCUT2D eigenvalue weighted by Gasteiger charge is 2.40. The number of likely N-dealkylation sites (N-methyl/N-ethyl adjacent to an activating group) is 1. The van der Waals surface area contributed by atoms with Gasteiger partial charge in [0, 0.05) is 18.5 Å². The Bertz CT molecular complexity index is 482. The van der Waals surface area contributed by atoms with Crippen LogP contribution in [0.4, 0.5) is 0 Å². The second-order valence-corrected chi connectivity index (χ2v) is 6.41. The van der Waals surface area contributed by atoms with Crippen LogP contribution in [0.25, 0.3) is 0 Å². The van der Waals surface area contributed by atoms with Crippen LogP contribution in [0.1, 0.15) is 48.8 Å². The van der Waals surface area contributed by atoms with Crippen molar-refractivity contribution in [2.45, 2.75) is 51.5 Å². The summed E-state index contributed by atoms with van der Waals surface area (Å²) >= 11 is 0. The number of phenols is 1. The molecular formula is C17H25NO. The molecular weight excluding hydrogens is 234 g/mol. The van der Waals surface area contributed by atoms with Crippen LogP contribution < -0.4 is 0 Å². The van der Waals surface area contributed by atoms with E-state index >= 15 is 0 Å². The van der Waals surface area contributed by atoms with Gasteiger partial charge in [0.05, 0.1) is 0 Å². The van der Waals surface area contributed by atoms with Gasteiger partial charge in [-0.3, -0.25) is 0 Å². The molecule has 1 aromatic rings. The molecule has 0 saturated heterocycles. The van der Waals surface area contributed by atoms with E-state index in [1.807, 2.05) is 6.92 Å². The normalized spacial score (nSPS) is 30.8. The molecule has 0 bridgehead atoms. The molecule has 0 aromatic heterocycles. The summed E-state index contributed by atoms with van der Waals surface area (Å²) in [4.78, 5) is 2.55. The van der Waals surface area contributed by atoms with E-state index in [9.17, 15) is 5.11 Å². The van der Waals surface area contributed by atoms with E-state index in [-0.39, 0.29) is 0 Å². The van der Waals surface area contributed by atoms with Crippen LogP contribution >= 0.6 is 0 Å². The first-order valence-electron chi connectivity index (χ1n) is 7.64. The third-order valence-corrected chi connectivity index (χ3v) is 5.40. The Morgan fingerprint density at radius 2 is 2.11 bits per heavy atom. The van der Waals surface area contributed by atoms with Gasteiger partial charge in [0.2, 0.25) is 0 Å². The predicted octanol–water partition coefficient (Wildman–Crippen LogP) is 3.46. The van der Waals surface area contributed by atoms with Crippen molar-refractivity contribution in [3.63, 3.8) is 0 Å². The van der Waals surface area contributed by atoms with Crippen molar-refractivity contribution in [1.29, 1.82) is 0 Å². The van der Waals surface area contributed by atoms with Crippen molar-refractivity contribution in [3.05, 3.63) is 28.8 Å². The molecule has 1 aromatic carbocycles. The summed E-state index contributed by atoms with van der Waals surface area (Å²) in [6.07, 6.45) is 5.03. The predicted molar refractivity (Wildman–Crippen MR) is 78.7 cm³/mol. The summed E-state index contributed by atoms with van der Waals surface area (Å²) in [5.41, 5.74) is 3.92. The number of aryl methyl sites for hydroxylation is 1. The summed E-state index contributed by atoms with van der Waals surface area (Å²) in [5.74, 6) is 1.88. The van der Waals surface area contributed by atoms with Crippen LogP contribution in [0.2, 0.25) is 0 Å². The van der Waals surface area contributed by atoms with Crippen molar-refractivity contribution in [1.82, 2.24) is 4.90 Å². The molecule has 19 heavy (non-hydrogen) atoms. The minimum atomic E-state index is 0.476. The molecule has 0 amide bonds. The van der Waals surface area contributed by atoms with Gasteiger partial charge < -0.3 is 10.0 Å². The topological polar surface area (TPSA) is 23.5 Å². The lowest BCUT2D eigenvalue weighted by atomic mass is 9.82. The van der Waals surface area contributed by atoms with Gasteiger partial charge in [0.1, 0.15) is 5.75 Å². The maximum absolute atomic E-state index is 10.1. The molecule has 1 saturated carbocycles. The number of rotatable bonds is 1. The molecule has 1 N–H and O–H groups in total. The van der Waals surface area contributed by atoms with Crippen molar-refractivity contribution in [2.24, 2.45) is 5.92 Å². The van der Waals surface area contributed by atoms with Crippen molar-refractivity contribution in [3.8, 4) is 5.75 Å². The number of hydrogen-bond acceptors (Lipinski definition) is 2. The molecule has 3 atom stereocenters. The van der Waals surface area contributed by atoms with E-state index in [0.717, 1.165) is 24.4 Å². The fourth-order valence-electron chi connectivity index (χ4n) is 4.23. The average molecular weight is 259 g/mol. The average Bonchev–Trinajstić information content (AvgIpc) is 2.77. The summed E-state index contributed by atoms with van der Waals surface area (Å²) in [6.45, 7) is 5.47. The second kappa shape index (κ2) is 4.82. The molecule has 104 valence electrons. The summed E-state index contributed by atoms with van der Waals surface area (Å²) in [6, 6.07) is 4.95. The third kappa shape index (κ3) is 2.06. The Morgan fingerprint density at radius 1 is 1.32 bits per heavy atom. The number of hydrogen-bond donors (Lipinski definition) is 1. The summed E-state index contributed by atoms with van der Waals surface area (Å²) in [5, 5.41) is 10.1. The van der Waals surface area contributed by atoms with Crippen LogP contribution in [0.15, 0.2) is 12.1 Å². The Hall–Kier alpha value is -1.02. The van der Waals surface area contributed by atoms with Crippen LogP contribution in [-0.4, -0.2) is 29.6 Å². The van der Waals surface area contributed by atoms with Gasteiger partial charge in [-0.05, 0) is 61.9 Å². The number of aromatic hydroxyl groups is 1. The lowest BCUT2D eigenvalue weighted by Crippen LogP contribution is -2.34. The van der Waals surface area contributed by atoms with Gasteiger partial charge in [-0.2, -0.15) is 0 Å². The van der Waals surface area contributed by atoms with Gasteiger partial charge in [0.25, 0.3) is 0 Å². The highest BCUT2D eigenvalue weighted by atomic mass is 16.3. The fraction of sp³-hybridized carbons (Fsp3) is 0.647. The third-order valence-electron chi connectivity index (χ3n) is 5.40. The minimum Gasteiger partial charge on any atom is -0.508 e. The first-order chi connectivity index (χ1) is 9.11. The molecule has 2 nitrogen and oxygen atoms in total. The molecule has 0 unspecified atom stereocenters. The largest absolute Gasteiger partial charge is 0.508 e. The van der Waals surface area contributed by atoms with Crippen molar-refractivity contribution < 1.29 is 5.11 Å². The zero-order valence-electron chi connectivity index (χ0n) is 12.3. The molecule has 1 heterocycles. The SMILES string of the molecule is CC[C@@H]1CC[C@H]2[C@H]1c1cc(O)c(C)cc1CCN2C. The zero-order chi connectivity index (χ0) is 13.6. The Morgan fingerprint density at radius 3 is 2.84 bits per heavy atom. The molecule has 3 rings (SSSR count). The summed E-state index contributed by atoms with van der Waals surface area (Å²) < 4.78 is 0. The van der Waals surface area contributed by atoms with Gasteiger partial charge in [-0.1, -0.05) is 19.4 Å². The quantitative estimate of drug-likeness (QED) is 0.835. The minimum absolute atomic E-state index is 0.476. The van der Waals surface area contributed by atoms with Crippen LogP contribution in [0.5, 0.6) is 5.75 Å². The van der Waals surface area contributed by atoms with Crippen LogP contribution in [-0.2, 0) is 6.42 Å². The Labute approximate surface area is 116 Å². The van der Waals surface area contributed by atoms with E-state index in [1.54, 1.807) is 0 Å². The molecule has 1 aliphatic carbocycles. The maximum atomic E-state index is 10.1. The molecule has 1 fully saturated rings. The zero-order valence-corrected chi connectivity index (χ0v) is 12.3. The number of fused-ring (bicyclic) bond motifs is 3. The maximum Gasteiger partial charge on any atom is 0.118 e. The lowest BCUT2D eigenvalue weighted by molar-refractivity contribution is 0.228. The first-order valence-corrected chi connectivity index (χ1v) is 7.64. The van der Waals surface area contributed by atoms with Crippen molar-refractivity contribution >= 4 is 0 Å². The molecule has 0 radical (unpaired) electrons. The fourth-order valence-corrected chi connectivity index (χ4v) is 4.23. The van der Waals surface area contributed by atoms with Crippen LogP contribution in [0.3, 0.4) is 0 Å². The number of benzene rings is 1. The van der Waals surface area contributed by atoms with Gasteiger partial charge in [-0.25, -0.2) is 0 Å². The highest BCUT2D eigenvalue weighted by molar-refractivity contribution is 5.45. The molecule has 2 heteroatoms. The number of nitrogens with zero attached hydrogens (tertiary/aromatic N) is 1. The van der Waals surface area contributed by atoms with Gasteiger partial charge in [0.15, 0.2) is 0 Å². The Balaban J connectivity index is 2.10. The van der Waals surface area contributed by atoms with Crippen molar-refractivity contribution in [2.75, 3.05) is 13.6 Å². The Kier molecular flexibility index (Phi) is 3.30. The molecule has 2 aliphatic rings. The smallest absolute Gasteiger partial charge is 0.118 e. The van der Waals surface area contributed by atoms with Crippen LogP contribution in [0, 0.1) is 12.8 Å². The van der Waals surface area contributed by atoms with E-state index in [1.165, 1.54) is 30.4 Å². The van der Waals surface area contributed by atoms with E-state index in [0.29, 0.717) is 17.7 Å². The number of phenolic OH excluding ortho intramolecular Hbond substituents is 1. The first kappa shape index (κ1) is 13.0. The van der Waals surface area contributed by atoms with E-state index in [2.05, 4.69) is 31.0 Å². The van der Waals surface area contributed by atoms with E-state index < -0.39 is 0 Å². The van der Waals surface area contributed by atoms with Gasteiger partial charge >= 0.3 is 0 Å². The van der Waals surface area contributed by atoms with Gasteiger partial charge in [-0.15, -0.1) is 0 Å². The lowest BCUT2D eigenvalue weighted by Gasteiger charge is -2.29. The van der Waals surface area contributed by atoms with E-state index in [4.69, 9.17) is 0 Å². The highest BCUT2D eigenvalue weighted by Crippen LogP contribution is 2.47. The second-order valence-electron chi connectivity index (χ2n) is 6.41. The molecule has 1 aliphatic heterocycles. The summed E-state index contributed by atoms with van der Waals surface area (Å²) in [7, 11) is 2.27. The standard InChI is InChI=1S/C17H25NO/c1-4-12-5-6-15-17(12)14-10-16(19)11(2)9-13(14)7-8-18(15)3/h9-10,12,15,17,19H,4-8H2,1-3H3/t12-,15+,17-/m1/s1. The monoisotopic (exact) mass is 259 g/mol.